The van der Waals surface area contributed by atoms with E-state index in [1.54, 1.807) is 0 Å². The van der Waals surface area contributed by atoms with Gasteiger partial charge in [-0.3, -0.25) is 4.90 Å². The van der Waals surface area contributed by atoms with Gasteiger partial charge in [-0.15, -0.1) is 0 Å². The van der Waals surface area contributed by atoms with E-state index in [-0.39, 0.29) is 0 Å². The lowest BCUT2D eigenvalue weighted by Gasteiger charge is -2.29. The second kappa shape index (κ2) is 4.41. The fourth-order valence-electron chi connectivity index (χ4n) is 4.45. The van der Waals surface area contributed by atoms with Crippen molar-refractivity contribution in [2.24, 2.45) is 0 Å². The quantitative estimate of drug-likeness (QED) is 0.826. The van der Waals surface area contributed by atoms with Crippen molar-refractivity contribution in [2.75, 3.05) is 23.7 Å². The van der Waals surface area contributed by atoms with Crippen molar-refractivity contribution in [1.82, 2.24) is 4.90 Å². The fourth-order valence-corrected chi connectivity index (χ4v) is 4.45. The molecule has 0 aromatic heterocycles. The van der Waals surface area contributed by atoms with Crippen LogP contribution in [-0.2, 0) is 0 Å². The summed E-state index contributed by atoms with van der Waals surface area (Å²) in [6, 6.07) is 11.0. The van der Waals surface area contributed by atoms with E-state index in [2.05, 4.69) is 21.9 Å². The first-order valence-electron chi connectivity index (χ1n) is 7.69. The summed E-state index contributed by atoms with van der Waals surface area (Å²) < 4.78 is 0. The molecule has 3 heteroatoms. The Hall–Kier alpha value is -1.22. The lowest BCUT2D eigenvalue weighted by molar-refractivity contribution is 0.189. The number of hydrogen-bond acceptors (Lipinski definition) is 3. The summed E-state index contributed by atoms with van der Waals surface area (Å²) in [4.78, 5) is 5.39. The highest BCUT2D eigenvalue weighted by atomic mass is 15.3. The summed E-state index contributed by atoms with van der Waals surface area (Å²) in [6.45, 7) is 2.40. The molecule has 19 heavy (non-hydrogen) atoms. The largest absolute Gasteiger partial charge is 0.399 e. The molecule has 3 aliphatic rings. The second-order valence-corrected chi connectivity index (χ2v) is 6.39. The van der Waals surface area contributed by atoms with Crippen molar-refractivity contribution < 1.29 is 0 Å². The zero-order chi connectivity index (χ0) is 12.8. The Balaban J connectivity index is 1.47. The monoisotopic (exact) mass is 257 g/mol. The average Bonchev–Trinajstić information content (AvgIpc) is 3.13. The van der Waals surface area contributed by atoms with Crippen molar-refractivity contribution in [3.63, 3.8) is 0 Å². The second-order valence-electron chi connectivity index (χ2n) is 6.39. The number of hydrogen-bond donors (Lipinski definition) is 1. The van der Waals surface area contributed by atoms with Gasteiger partial charge in [0, 0.05) is 42.6 Å². The normalized spacial score (nSPS) is 34.3. The van der Waals surface area contributed by atoms with Crippen LogP contribution in [0.25, 0.3) is 0 Å². The van der Waals surface area contributed by atoms with Crippen LogP contribution in [-0.4, -0.2) is 36.1 Å². The third kappa shape index (κ3) is 1.91. The summed E-state index contributed by atoms with van der Waals surface area (Å²) in [5.41, 5.74) is 7.96. The van der Waals surface area contributed by atoms with E-state index in [1.165, 1.54) is 50.9 Å². The van der Waals surface area contributed by atoms with Gasteiger partial charge in [0.2, 0.25) is 0 Å². The summed E-state index contributed by atoms with van der Waals surface area (Å²) in [7, 11) is 0. The maximum atomic E-state index is 5.77. The molecule has 0 spiro atoms. The van der Waals surface area contributed by atoms with E-state index in [1.807, 2.05) is 12.1 Å². The number of fused-ring (bicyclic) bond motifs is 2. The molecular weight excluding hydrogens is 234 g/mol. The van der Waals surface area contributed by atoms with Gasteiger partial charge in [0.05, 0.1) is 0 Å². The Bertz CT molecular complexity index is 436. The van der Waals surface area contributed by atoms with Gasteiger partial charge in [-0.2, -0.15) is 0 Å². The molecule has 4 rings (SSSR count). The highest BCUT2D eigenvalue weighted by Gasteiger charge is 2.44. The minimum absolute atomic E-state index is 0.789. The fraction of sp³-hybridized carbons (Fsp3) is 0.625. The third-order valence-corrected chi connectivity index (χ3v) is 5.35. The minimum atomic E-state index is 0.789. The number of benzene rings is 1. The van der Waals surface area contributed by atoms with Crippen LogP contribution in [0.2, 0.25) is 0 Å². The van der Waals surface area contributed by atoms with Crippen LogP contribution in [0, 0.1) is 0 Å². The lowest BCUT2D eigenvalue weighted by Crippen LogP contribution is -2.40. The van der Waals surface area contributed by atoms with Gasteiger partial charge in [0.25, 0.3) is 0 Å². The molecule has 2 N–H and O–H groups in total. The molecule has 1 atom stereocenters. The van der Waals surface area contributed by atoms with Crippen molar-refractivity contribution in [3.8, 4) is 0 Å². The number of nitrogens with two attached hydrogens (primary N) is 1. The molecule has 0 saturated carbocycles. The first-order valence-corrected chi connectivity index (χ1v) is 7.69. The number of nitrogens with zero attached hydrogens (tertiary/aromatic N) is 2. The Morgan fingerprint density at radius 3 is 2.11 bits per heavy atom. The van der Waals surface area contributed by atoms with Gasteiger partial charge >= 0.3 is 0 Å². The molecule has 3 nitrogen and oxygen atoms in total. The van der Waals surface area contributed by atoms with Gasteiger partial charge in [0.15, 0.2) is 0 Å². The van der Waals surface area contributed by atoms with Crippen LogP contribution in [0.1, 0.15) is 32.1 Å². The van der Waals surface area contributed by atoms with Crippen LogP contribution in [0.3, 0.4) is 0 Å². The topological polar surface area (TPSA) is 32.5 Å². The van der Waals surface area contributed by atoms with Crippen LogP contribution in [0.5, 0.6) is 0 Å². The zero-order valence-corrected chi connectivity index (χ0v) is 11.5. The molecule has 1 unspecified atom stereocenters. The predicted molar refractivity (Wildman–Crippen MR) is 79.4 cm³/mol. The van der Waals surface area contributed by atoms with Gasteiger partial charge in [-0.05, 0) is 56.4 Å². The minimum Gasteiger partial charge on any atom is -0.399 e. The van der Waals surface area contributed by atoms with E-state index in [9.17, 15) is 0 Å². The molecule has 0 radical (unpaired) electrons. The average molecular weight is 257 g/mol. The van der Waals surface area contributed by atoms with Gasteiger partial charge < -0.3 is 10.6 Å². The van der Waals surface area contributed by atoms with Crippen LogP contribution in [0.15, 0.2) is 24.3 Å². The van der Waals surface area contributed by atoms with Gasteiger partial charge in [-0.1, -0.05) is 0 Å². The summed E-state index contributed by atoms with van der Waals surface area (Å²) >= 11 is 0. The lowest BCUT2D eigenvalue weighted by atomic mass is 10.0. The highest BCUT2D eigenvalue weighted by Crippen LogP contribution is 2.41. The highest BCUT2D eigenvalue weighted by molar-refractivity contribution is 5.53. The van der Waals surface area contributed by atoms with Crippen LogP contribution in [0.4, 0.5) is 11.4 Å². The summed E-state index contributed by atoms with van der Waals surface area (Å²) in [5, 5.41) is 0. The van der Waals surface area contributed by atoms with Gasteiger partial charge in [-0.25, -0.2) is 0 Å². The first kappa shape index (κ1) is 11.6. The third-order valence-electron chi connectivity index (χ3n) is 5.35. The number of anilines is 2. The smallest absolute Gasteiger partial charge is 0.0368 e. The van der Waals surface area contributed by atoms with Crippen LogP contribution >= 0.6 is 0 Å². The molecule has 1 aromatic rings. The van der Waals surface area contributed by atoms with Gasteiger partial charge in [0.1, 0.15) is 0 Å². The first-order chi connectivity index (χ1) is 9.31. The molecule has 0 amide bonds. The SMILES string of the molecule is Nc1ccc(N2CCC(N3C4CCC3CC4)C2)cc1. The zero-order valence-electron chi connectivity index (χ0n) is 11.5. The summed E-state index contributed by atoms with van der Waals surface area (Å²) in [6.07, 6.45) is 7.12. The van der Waals surface area contributed by atoms with Crippen molar-refractivity contribution in [1.29, 1.82) is 0 Å². The van der Waals surface area contributed by atoms with E-state index in [0.29, 0.717) is 0 Å². The Morgan fingerprint density at radius 1 is 0.842 bits per heavy atom. The summed E-state index contributed by atoms with van der Waals surface area (Å²) in [5.74, 6) is 0. The number of nitrogen functional groups attached to an aromatic ring is 1. The molecule has 1 aromatic carbocycles. The Labute approximate surface area is 115 Å². The molecule has 0 aliphatic carbocycles. The maximum absolute atomic E-state index is 5.77. The Morgan fingerprint density at radius 2 is 1.47 bits per heavy atom. The van der Waals surface area contributed by atoms with E-state index in [4.69, 9.17) is 5.73 Å². The van der Waals surface area contributed by atoms with Crippen molar-refractivity contribution in [2.45, 2.75) is 50.2 Å². The maximum Gasteiger partial charge on any atom is 0.0368 e. The molecular formula is C16H23N3. The van der Waals surface area contributed by atoms with Crippen molar-refractivity contribution >= 4 is 11.4 Å². The van der Waals surface area contributed by atoms with Crippen molar-refractivity contribution in [3.05, 3.63) is 24.3 Å². The number of rotatable bonds is 2. The molecule has 3 fully saturated rings. The molecule has 3 heterocycles. The molecule has 102 valence electrons. The standard InChI is InChI=1S/C16H23N3/c17-12-1-3-13(4-2-12)18-10-9-16(11-18)19-14-5-6-15(19)8-7-14/h1-4,14-16H,5-11,17H2. The van der Waals surface area contributed by atoms with E-state index >= 15 is 0 Å². The molecule has 3 aliphatic heterocycles. The molecule has 3 saturated heterocycles. The molecule has 2 bridgehead atoms. The van der Waals surface area contributed by atoms with E-state index in [0.717, 1.165) is 23.8 Å². The van der Waals surface area contributed by atoms with Crippen LogP contribution < -0.4 is 10.6 Å². The predicted octanol–water partition coefficient (Wildman–Crippen LogP) is 2.47. The van der Waals surface area contributed by atoms with E-state index < -0.39 is 0 Å². The Kier molecular flexibility index (Phi) is 2.69.